The summed E-state index contributed by atoms with van der Waals surface area (Å²) < 4.78 is 5.60. The van der Waals surface area contributed by atoms with Crippen LogP contribution in [0.1, 0.15) is 0 Å². The van der Waals surface area contributed by atoms with E-state index >= 15 is 0 Å². The number of rotatable bonds is 3. The summed E-state index contributed by atoms with van der Waals surface area (Å²) in [5, 5.41) is 20.2. The van der Waals surface area contributed by atoms with Crippen LogP contribution in [0.3, 0.4) is 0 Å². The van der Waals surface area contributed by atoms with Crippen molar-refractivity contribution >= 4 is 21.6 Å². The number of nitrogens with zero attached hydrogens (tertiary/aromatic N) is 1. The van der Waals surface area contributed by atoms with Crippen LogP contribution >= 0.6 is 15.9 Å². The second-order valence-corrected chi connectivity index (χ2v) is 4.21. The lowest BCUT2D eigenvalue weighted by molar-refractivity contribution is -0.386. The van der Waals surface area contributed by atoms with Crippen LogP contribution in [-0.4, -0.2) is 10.0 Å². The zero-order valence-corrected chi connectivity index (χ0v) is 10.6. The molecule has 0 aliphatic carbocycles. The number of phenolic OH excluding ortho intramolecular Hbond substituents is 1. The SMILES string of the molecule is O=[N+]([O-])c1c(O)ccc(Oc2ccccc2)c1Br. The summed E-state index contributed by atoms with van der Waals surface area (Å²) in [7, 11) is 0. The fraction of sp³-hybridized carbons (Fsp3) is 0. The van der Waals surface area contributed by atoms with Gasteiger partial charge >= 0.3 is 5.69 Å². The number of hydrogen-bond donors (Lipinski definition) is 1. The van der Waals surface area contributed by atoms with Crippen molar-refractivity contribution in [2.24, 2.45) is 0 Å². The highest BCUT2D eigenvalue weighted by molar-refractivity contribution is 9.10. The molecule has 0 fully saturated rings. The van der Waals surface area contributed by atoms with Gasteiger partial charge < -0.3 is 9.84 Å². The third-order valence-corrected chi connectivity index (χ3v) is 2.98. The Bertz CT molecular complexity index is 586. The molecular weight excluding hydrogens is 302 g/mol. The minimum Gasteiger partial charge on any atom is -0.502 e. The standard InChI is InChI=1S/C12H8BrNO4/c13-11-10(18-8-4-2-1-3-5-8)7-6-9(15)12(11)14(16)17/h1-7,15H. The molecule has 0 heterocycles. The minimum absolute atomic E-state index is 0.108. The summed E-state index contributed by atoms with van der Waals surface area (Å²) >= 11 is 3.06. The van der Waals surface area contributed by atoms with Crippen molar-refractivity contribution in [2.45, 2.75) is 0 Å². The van der Waals surface area contributed by atoms with Gasteiger partial charge in [-0.3, -0.25) is 10.1 Å². The zero-order valence-electron chi connectivity index (χ0n) is 9.04. The van der Waals surface area contributed by atoms with Crippen molar-refractivity contribution in [3.63, 3.8) is 0 Å². The molecule has 2 aromatic rings. The lowest BCUT2D eigenvalue weighted by atomic mass is 10.2. The number of nitro benzene ring substituents is 1. The minimum atomic E-state index is -0.669. The average Bonchev–Trinajstić information content (AvgIpc) is 2.34. The Hall–Kier alpha value is -2.08. The Morgan fingerprint density at radius 3 is 2.44 bits per heavy atom. The van der Waals surface area contributed by atoms with E-state index in [1.807, 2.05) is 6.07 Å². The van der Waals surface area contributed by atoms with Crippen molar-refractivity contribution in [2.75, 3.05) is 0 Å². The maximum absolute atomic E-state index is 10.8. The van der Waals surface area contributed by atoms with Crippen LogP contribution in [0.4, 0.5) is 5.69 Å². The first-order valence-corrected chi connectivity index (χ1v) is 5.77. The molecule has 5 nitrogen and oxygen atoms in total. The Balaban J connectivity index is 2.41. The van der Waals surface area contributed by atoms with Gasteiger partial charge in [-0.1, -0.05) is 18.2 Å². The van der Waals surface area contributed by atoms with Crippen LogP contribution in [0.5, 0.6) is 17.2 Å². The van der Waals surface area contributed by atoms with Crippen LogP contribution in [0.25, 0.3) is 0 Å². The molecule has 1 N–H and O–H groups in total. The molecule has 0 spiro atoms. The van der Waals surface area contributed by atoms with E-state index in [1.54, 1.807) is 24.3 Å². The molecule has 0 unspecified atom stereocenters. The largest absolute Gasteiger partial charge is 0.502 e. The highest BCUT2D eigenvalue weighted by Gasteiger charge is 2.22. The summed E-state index contributed by atoms with van der Waals surface area (Å²) in [5.74, 6) is 0.413. The molecule has 6 heteroatoms. The topological polar surface area (TPSA) is 72.6 Å². The van der Waals surface area contributed by atoms with Crippen LogP contribution < -0.4 is 4.74 Å². The van der Waals surface area contributed by atoms with Gasteiger partial charge in [0.1, 0.15) is 16.0 Å². The molecule has 0 amide bonds. The molecule has 2 aromatic carbocycles. The number of para-hydroxylation sites is 1. The van der Waals surface area contributed by atoms with Gasteiger partial charge in [0.05, 0.1) is 4.92 Å². The summed E-state index contributed by atoms with van der Waals surface area (Å²) in [6, 6.07) is 11.5. The highest BCUT2D eigenvalue weighted by Crippen LogP contribution is 2.41. The van der Waals surface area contributed by atoms with E-state index in [-0.39, 0.29) is 10.2 Å². The normalized spacial score (nSPS) is 10.1. The Kier molecular flexibility index (Phi) is 3.47. The van der Waals surface area contributed by atoms with E-state index in [9.17, 15) is 15.2 Å². The first-order valence-electron chi connectivity index (χ1n) is 4.98. The predicted octanol–water partition coefficient (Wildman–Crippen LogP) is 3.86. The molecule has 0 aliphatic heterocycles. The third kappa shape index (κ3) is 2.43. The second kappa shape index (κ2) is 5.05. The number of ether oxygens (including phenoxy) is 1. The first-order chi connectivity index (χ1) is 8.59. The molecule has 0 bridgehead atoms. The Morgan fingerprint density at radius 2 is 1.83 bits per heavy atom. The van der Waals surface area contributed by atoms with Gasteiger partial charge in [0.25, 0.3) is 0 Å². The van der Waals surface area contributed by atoms with Crippen molar-refractivity contribution < 1.29 is 14.8 Å². The lowest BCUT2D eigenvalue weighted by Gasteiger charge is -2.08. The summed E-state index contributed by atoms with van der Waals surface area (Å²) in [4.78, 5) is 10.1. The number of aromatic hydroxyl groups is 1. The average molecular weight is 310 g/mol. The van der Waals surface area contributed by atoms with Gasteiger partial charge in [-0.05, 0) is 40.2 Å². The zero-order chi connectivity index (χ0) is 13.1. The van der Waals surface area contributed by atoms with Gasteiger partial charge in [-0.25, -0.2) is 0 Å². The number of hydrogen-bond acceptors (Lipinski definition) is 4. The van der Waals surface area contributed by atoms with E-state index in [4.69, 9.17) is 4.74 Å². The van der Waals surface area contributed by atoms with Crippen molar-refractivity contribution in [1.29, 1.82) is 0 Å². The Morgan fingerprint density at radius 1 is 1.17 bits per heavy atom. The maximum Gasteiger partial charge on any atom is 0.328 e. The smallest absolute Gasteiger partial charge is 0.328 e. The molecular formula is C12H8BrNO4. The lowest BCUT2D eigenvalue weighted by Crippen LogP contribution is -1.93. The highest BCUT2D eigenvalue weighted by atomic mass is 79.9. The van der Waals surface area contributed by atoms with Crippen LogP contribution in [0.15, 0.2) is 46.9 Å². The van der Waals surface area contributed by atoms with Crippen LogP contribution in [0.2, 0.25) is 0 Å². The van der Waals surface area contributed by atoms with Crippen molar-refractivity contribution in [3.05, 3.63) is 57.1 Å². The molecule has 92 valence electrons. The number of phenols is 1. The molecule has 0 aromatic heterocycles. The molecule has 0 radical (unpaired) electrons. The van der Waals surface area contributed by atoms with E-state index in [2.05, 4.69) is 15.9 Å². The molecule has 0 aliphatic rings. The molecule has 2 rings (SSSR count). The van der Waals surface area contributed by atoms with E-state index in [1.165, 1.54) is 12.1 Å². The van der Waals surface area contributed by atoms with Crippen LogP contribution in [-0.2, 0) is 0 Å². The Labute approximate surface area is 111 Å². The van der Waals surface area contributed by atoms with E-state index in [0.717, 1.165) is 0 Å². The fourth-order valence-electron chi connectivity index (χ4n) is 1.40. The molecule has 0 saturated carbocycles. The fourth-order valence-corrected chi connectivity index (χ4v) is 1.96. The van der Waals surface area contributed by atoms with Crippen molar-refractivity contribution in [3.8, 4) is 17.2 Å². The van der Waals surface area contributed by atoms with Gasteiger partial charge in [0, 0.05) is 0 Å². The summed E-state index contributed by atoms with van der Waals surface area (Å²) in [6.45, 7) is 0. The predicted molar refractivity (Wildman–Crippen MR) is 69.0 cm³/mol. The molecule has 0 atom stereocenters. The van der Waals surface area contributed by atoms with E-state index < -0.39 is 16.4 Å². The van der Waals surface area contributed by atoms with E-state index in [0.29, 0.717) is 5.75 Å². The first kappa shape index (κ1) is 12.4. The van der Waals surface area contributed by atoms with Gasteiger partial charge in [0.2, 0.25) is 0 Å². The quantitative estimate of drug-likeness (QED) is 0.690. The molecule has 0 saturated heterocycles. The van der Waals surface area contributed by atoms with Gasteiger partial charge in [-0.15, -0.1) is 0 Å². The summed E-state index contributed by atoms with van der Waals surface area (Å²) in [6.07, 6.45) is 0. The number of nitro groups is 1. The van der Waals surface area contributed by atoms with Gasteiger partial charge in [0.15, 0.2) is 5.75 Å². The molecule has 18 heavy (non-hydrogen) atoms. The number of benzene rings is 2. The second-order valence-electron chi connectivity index (χ2n) is 3.42. The summed E-state index contributed by atoms with van der Waals surface area (Å²) in [5.41, 5.74) is -0.413. The van der Waals surface area contributed by atoms with Crippen molar-refractivity contribution in [1.82, 2.24) is 0 Å². The number of halogens is 1. The maximum atomic E-state index is 10.8. The van der Waals surface area contributed by atoms with Crippen LogP contribution in [0, 0.1) is 10.1 Å². The van der Waals surface area contributed by atoms with Gasteiger partial charge in [-0.2, -0.15) is 0 Å². The third-order valence-electron chi connectivity index (χ3n) is 2.21. The monoisotopic (exact) mass is 309 g/mol.